The maximum Gasteiger partial charge on any atom is 0.319 e. The number of hydrogen-bond acceptors (Lipinski definition) is 3. The summed E-state index contributed by atoms with van der Waals surface area (Å²) in [5.74, 6) is -0.0678. The van der Waals surface area contributed by atoms with Crippen LogP contribution in [0, 0.1) is 23.2 Å². The first-order valence-corrected chi connectivity index (χ1v) is 8.20. The third-order valence-electron chi connectivity index (χ3n) is 4.26. The van der Waals surface area contributed by atoms with Crippen molar-refractivity contribution in [2.75, 3.05) is 13.2 Å². The van der Waals surface area contributed by atoms with Crippen molar-refractivity contribution in [3.8, 4) is 0 Å². The van der Waals surface area contributed by atoms with Crippen LogP contribution in [0.15, 0.2) is 0 Å². The van der Waals surface area contributed by atoms with Gasteiger partial charge in [-0.1, -0.05) is 40.5 Å². The number of esters is 1. The number of rotatable bonds is 5. The van der Waals surface area contributed by atoms with Gasteiger partial charge in [-0.3, -0.25) is 9.59 Å². The lowest BCUT2D eigenvalue weighted by atomic mass is 9.79. The Morgan fingerprint density at radius 3 is 2.48 bits per heavy atom. The third-order valence-corrected chi connectivity index (χ3v) is 4.26. The number of ether oxygens (including phenoxy) is 1. The lowest BCUT2D eigenvalue weighted by Crippen LogP contribution is -2.45. The summed E-state index contributed by atoms with van der Waals surface area (Å²) in [6.45, 7) is 10.7. The van der Waals surface area contributed by atoms with E-state index in [0.29, 0.717) is 19.1 Å². The van der Waals surface area contributed by atoms with Gasteiger partial charge in [0, 0.05) is 6.54 Å². The molecule has 3 atom stereocenters. The fraction of sp³-hybridized carbons (Fsp3) is 0.882. The van der Waals surface area contributed by atoms with E-state index in [1.165, 1.54) is 25.7 Å². The Labute approximate surface area is 129 Å². The van der Waals surface area contributed by atoms with E-state index in [9.17, 15) is 9.59 Å². The zero-order valence-electron chi connectivity index (χ0n) is 14.2. The van der Waals surface area contributed by atoms with Gasteiger partial charge in [0.25, 0.3) is 0 Å². The smallest absolute Gasteiger partial charge is 0.319 e. The first-order chi connectivity index (χ1) is 9.75. The van der Waals surface area contributed by atoms with Crippen LogP contribution >= 0.6 is 0 Å². The molecule has 0 aromatic heterocycles. The quantitative estimate of drug-likeness (QED) is 0.626. The Bertz CT molecular complexity index is 360. The molecule has 0 radical (unpaired) electrons. The van der Waals surface area contributed by atoms with Crippen LogP contribution < -0.4 is 5.32 Å². The van der Waals surface area contributed by atoms with Crippen LogP contribution in [0.4, 0.5) is 0 Å². The van der Waals surface area contributed by atoms with E-state index in [1.807, 2.05) is 20.8 Å². The molecule has 0 heterocycles. The second-order valence-corrected chi connectivity index (χ2v) is 7.43. The Balaban J connectivity index is 2.58. The van der Waals surface area contributed by atoms with E-state index < -0.39 is 17.3 Å². The fourth-order valence-corrected chi connectivity index (χ4v) is 3.17. The van der Waals surface area contributed by atoms with Crippen molar-refractivity contribution in [3.63, 3.8) is 0 Å². The maximum atomic E-state index is 12.4. The predicted molar refractivity (Wildman–Crippen MR) is 83.7 cm³/mol. The second kappa shape index (κ2) is 7.81. The molecule has 0 bridgehead atoms. The van der Waals surface area contributed by atoms with Crippen LogP contribution in [-0.2, 0) is 14.3 Å². The molecule has 0 aromatic carbocycles. The zero-order valence-corrected chi connectivity index (χ0v) is 14.2. The first kappa shape index (κ1) is 18.0. The van der Waals surface area contributed by atoms with Crippen molar-refractivity contribution >= 4 is 11.9 Å². The summed E-state index contributed by atoms with van der Waals surface area (Å²) in [5, 5.41) is 2.98. The van der Waals surface area contributed by atoms with Gasteiger partial charge < -0.3 is 10.1 Å². The van der Waals surface area contributed by atoms with Crippen LogP contribution in [0.3, 0.4) is 0 Å². The Morgan fingerprint density at radius 1 is 1.29 bits per heavy atom. The highest BCUT2D eigenvalue weighted by atomic mass is 16.5. The molecular weight excluding hydrogens is 266 g/mol. The molecule has 21 heavy (non-hydrogen) atoms. The van der Waals surface area contributed by atoms with Crippen molar-refractivity contribution in [1.82, 2.24) is 5.32 Å². The lowest BCUT2D eigenvalue weighted by molar-refractivity contribution is -0.156. The van der Waals surface area contributed by atoms with Gasteiger partial charge in [-0.25, -0.2) is 0 Å². The molecule has 0 saturated heterocycles. The van der Waals surface area contributed by atoms with Crippen molar-refractivity contribution in [2.24, 2.45) is 23.2 Å². The number of nitrogens with one attached hydrogen (secondary N) is 1. The minimum absolute atomic E-state index is 0.195. The molecule has 1 rings (SSSR count). The van der Waals surface area contributed by atoms with Crippen LogP contribution in [0.1, 0.15) is 60.3 Å². The summed E-state index contributed by atoms with van der Waals surface area (Å²) in [6.07, 6.45) is 4.87. The number of carbonyl (C=O) groups excluding carboxylic acids is 2. The minimum atomic E-state index is -0.738. The highest BCUT2D eigenvalue weighted by molar-refractivity contribution is 5.98. The zero-order chi connectivity index (χ0) is 16.0. The average Bonchev–Trinajstić information content (AvgIpc) is 2.35. The van der Waals surface area contributed by atoms with Gasteiger partial charge >= 0.3 is 5.97 Å². The Kier molecular flexibility index (Phi) is 6.69. The van der Waals surface area contributed by atoms with E-state index in [0.717, 1.165) is 5.92 Å². The summed E-state index contributed by atoms with van der Waals surface area (Å²) in [7, 11) is 0. The van der Waals surface area contributed by atoms with E-state index in [4.69, 9.17) is 4.74 Å². The summed E-state index contributed by atoms with van der Waals surface area (Å²) in [5.41, 5.74) is -0.434. The van der Waals surface area contributed by atoms with Crippen molar-refractivity contribution in [1.29, 1.82) is 0 Å². The largest absolute Gasteiger partial charge is 0.465 e. The Hall–Kier alpha value is -1.06. The normalized spacial score (nSPS) is 24.2. The molecule has 1 aliphatic carbocycles. The molecule has 1 amide bonds. The third kappa shape index (κ3) is 5.68. The number of hydrogen-bond donors (Lipinski definition) is 1. The van der Waals surface area contributed by atoms with Crippen LogP contribution in [0.2, 0.25) is 0 Å². The van der Waals surface area contributed by atoms with Gasteiger partial charge in [0.15, 0.2) is 0 Å². The molecule has 1 fully saturated rings. The predicted octanol–water partition coefficient (Wildman–Crippen LogP) is 3.15. The minimum Gasteiger partial charge on any atom is -0.465 e. The van der Waals surface area contributed by atoms with Crippen molar-refractivity contribution in [3.05, 3.63) is 0 Å². The van der Waals surface area contributed by atoms with Gasteiger partial charge in [-0.05, 0) is 37.0 Å². The molecular formula is C17H31NO3. The SMILES string of the molecule is CCOC(=O)C(C(=O)NCC1CCCC(C)C1)C(C)(C)C. The molecule has 1 aliphatic rings. The number of amides is 1. The molecule has 122 valence electrons. The van der Waals surface area contributed by atoms with Gasteiger partial charge in [0.2, 0.25) is 5.91 Å². The fourth-order valence-electron chi connectivity index (χ4n) is 3.17. The van der Waals surface area contributed by atoms with Crippen LogP contribution in [-0.4, -0.2) is 25.0 Å². The van der Waals surface area contributed by atoms with Crippen molar-refractivity contribution < 1.29 is 14.3 Å². The van der Waals surface area contributed by atoms with E-state index >= 15 is 0 Å². The highest BCUT2D eigenvalue weighted by Gasteiger charge is 2.39. The summed E-state index contributed by atoms with van der Waals surface area (Å²) < 4.78 is 5.06. The summed E-state index contributed by atoms with van der Waals surface area (Å²) in [4.78, 5) is 24.5. The monoisotopic (exact) mass is 297 g/mol. The molecule has 0 spiro atoms. The molecule has 4 nitrogen and oxygen atoms in total. The molecule has 0 aliphatic heterocycles. The molecule has 1 saturated carbocycles. The van der Waals surface area contributed by atoms with Crippen LogP contribution in [0.25, 0.3) is 0 Å². The summed E-state index contributed by atoms with van der Waals surface area (Å²) in [6, 6.07) is 0. The lowest BCUT2D eigenvalue weighted by Gasteiger charge is -2.30. The van der Waals surface area contributed by atoms with Gasteiger partial charge in [-0.2, -0.15) is 0 Å². The molecule has 0 aromatic rings. The Morgan fingerprint density at radius 2 is 1.95 bits per heavy atom. The second-order valence-electron chi connectivity index (χ2n) is 7.43. The molecule has 4 heteroatoms. The summed E-state index contributed by atoms with van der Waals surface area (Å²) >= 11 is 0. The van der Waals surface area contributed by atoms with Gasteiger partial charge in [0.1, 0.15) is 5.92 Å². The van der Waals surface area contributed by atoms with Gasteiger partial charge in [0.05, 0.1) is 6.61 Å². The standard InChI is InChI=1S/C17H31NO3/c1-6-21-16(20)14(17(3,4)5)15(19)18-11-13-9-7-8-12(2)10-13/h12-14H,6-11H2,1-5H3,(H,18,19). The molecule has 3 unspecified atom stereocenters. The van der Waals surface area contributed by atoms with Crippen molar-refractivity contribution in [2.45, 2.75) is 60.3 Å². The maximum absolute atomic E-state index is 12.4. The first-order valence-electron chi connectivity index (χ1n) is 8.20. The number of carbonyl (C=O) groups is 2. The topological polar surface area (TPSA) is 55.4 Å². The average molecular weight is 297 g/mol. The van der Waals surface area contributed by atoms with Gasteiger partial charge in [-0.15, -0.1) is 0 Å². The van der Waals surface area contributed by atoms with E-state index in [-0.39, 0.29) is 5.91 Å². The van der Waals surface area contributed by atoms with E-state index in [1.54, 1.807) is 6.92 Å². The van der Waals surface area contributed by atoms with E-state index in [2.05, 4.69) is 12.2 Å². The molecule has 1 N–H and O–H groups in total. The highest BCUT2D eigenvalue weighted by Crippen LogP contribution is 2.29. The van der Waals surface area contributed by atoms with Crippen LogP contribution in [0.5, 0.6) is 0 Å².